The number of rotatable bonds is 3. The molecule has 6 heteroatoms. The molecule has 2 aromatic heterocycles. The van der Waals surface area contributed by atoms with Crippen molar-refractivity contribution in [3.63, 3.8) is 0 Å². The molecule has 0 unspecified atom stereocenters. The molecule has 1 aliphatic rings. The van der Waals surface area contributed by atoms with Gasteiger partial charge >= 0.3 is 0 Å². The highest BCUT2D eigenvalue weighted by molar-refractivity contribution is 7.16. The van der Waals surface area contributed by atoms with Crippen LogP contribution < -0.4 is 0 Å². The van der Waals surface area contributed by atoms with Crippen molar-refractivity contribution in [2.75, 3.05) is 6.54 Å². The van der Waals surface area contributed by atoms with E-state index in [0.29, 0.717) is 23.0 Å². The van der Waals surface area contributed by atoms with Gasteiger partial charge in [0.1, 0.15) is 0 Å². The maximum Gasteiger partial charge on any atom is 0.246 e. The first-order valence-electron chi connectivity index (χ1n) is 8.47. The third kappa shape index (κ3) is 3.29. The summed E-state index contributed by atoms with van der Waals surface area (Å²) < 4.78 is 15.1. The van der Waals surface area contributed by atoms with Crippen LogP contribution in [0.3, 0.4) is 0 Å². The Kier molecular flexibility index (Phi) is 4.81. The number of halogens is 2. The van der Waals surface area contributed by atoms with Gasteiger partial charge in [0.2, 0.25) is 11.9 Å². The second-order valence-corrected chi connectivity index (χ2v) is 8.10. The third-order valence-electron chi connectivity index (χ3n) is 4.80. The van der Waals surface area contributed by atoms with Gasteiger partial charge in [-0.1, -0.05) is 42.4 Å². The molecule has 0 saturated heterocycles. The number of carbonyl (C=O) groups excluding carboxylic acids is 1. The summed E-state index contributed by atoms with van der Waals surface area (Å²) in [5.74, 6) is -0.735. The molecule has 1 aliphatic heterocycles. The van der Waals surface area contributed by atoms with E-state index in [1.165, 1.54) is 23.6 Å². The monoisotopic (exact) mass is 398 g/mol. The Morgan fingerprint density at radius 3 is 2.81 bits per heavy atom. The molecule has 0 N–H and O–H groups in total. The molecule has 0 fully saturated rings. The SMILES string of the molecule is C=CC(=O)N1Cc2sc(Cl)cc2[C@H](c2ccccc2-c2cccnc2F)C1. The molecule has 0 aliphatic carbocycles. The normalized spacial score (nSPS) is 16.1. The highest BCUT2D eigenvalue weighted by Gasteiger charge is 2.32. The second kappa shape index (κ2) is 7.25. The molecule has 3 heterocycles. The summed E-state index contributed by atoms with van der Waals surface area (Å²) in [5.41, 5.74) is 3.26. The van der Waals surface area contributed by atoms with Crippen LogP contribution in [0.4, 0.5) is 4.39 Å². The minimum atomic E-state index is -0.511. The molecule has 136 valence electrons. The number of carbonyl (C=O) groups is 1. The Balaban J connectivity index is 1.87. The number of hydrogen-bond acceptors (Lipinski definition) is 3. The molecule has 3 nitrogen and oxygen atoms in total. The van der Waals surface area contributed by atoms with Crippen molar-refractivity contribution in [2.45, 2.75) is 12.5 Å². The zero-order chi connectivity index (χ0) is 19.0. The van der Waals surface area contributed by atoms with Crippen molar-refractivity contribution in [1.29, 1.82) is 0 Å². The van der Waals surface area contributed by atoms with Crippen LogP contribution >= 0.6 is 22.9 Å². The van der Waals surface area contributed by atoms with Crippen LogP contribution in [-0.4, -0.2) is 22.3 Å². The van der Waals surface area contributed by atoms with Gasteiger partial charge in [-0.3, -0.25) is 4.79 Å². The van der Waals surface area contributed by atoms with Crippen molar-refractivity contribution in [2.24, 2.45) is 0 Å². The zero-order valence-electron chi connectivity index (χ0n) is 14.4. The lowest BCUT2D eigenvalue weighted by atomic mass is 9.84. The topological polar surface area (TPSA) is 33.2 Å². The van der Waals surface area contributed by atoms with Crippen molar-refractivity contribution in [1.82, 2.24) is 9.88 Å². The largest absolute Gasteiger partial charge is 0.333 e. The highest BCUT2D eigenvalue weighted by atomic mass is 35.5. The fourth-order valence-corrected chi connectivity index (χ4v) is 4.94. The summed E-state index contributed by atoms with van der Waals surface area (Å²) in [6.45, 7) is 4.60. The molecule has 1 atom stereocenters. The molecule has 3 aromatic rings. The summed E-state index contributed by atoms with van der Waals surface area (Å²) in [6, 6.07) is 13.1. The first-order chi connectivity index (χ1) is 13.1. The first kappa shape index (κ1) is 17.9. The minimum Gasteiger partial charge on any atom is -0.333 e. The summed E-state index contributed by atoms with van der Waals surface area (Å²) >= 11 is 7.75. The molecule has 0 radical (unpaired) electrons. The van der Waals surface area contributed by atoms with E-state index in [4.69, 9.17) is 11.6 Å². The molecule has 0 spiro atoms. The highest BCUT2D eigenvalue weighted by Crippen LogP contribution is 2.43. The van der Waals surface area contributed by atoms with Gasteiger partial charge in [0, 0.05) is 29.1 Å². The fourth-order valence-electron chi connectivity index (χ4n) is 3.58. The van der Waals surface area contributed by atoms with Gasteiger partial charge < -0.3 is 4.90 Å². The number of amides is 1. The van der Waals surface area contributed by atoms with E-state index in [9.17, 15) is 9.18 Å². The van der Waals surface area contributed by atoms with Crippen LogP contribution in [0.15, 0.2) is 61.3 Å². The predicted octanol–water partition coefficient (Wildman–Crippen LogP) is 5.26. The molecular weight excluding hydrogens is 383 g/mol. The Morgan fingerprint density at radius 2 is 2.04 bits per heavy atom. The summed E-state index contributed by atoms with van der Waals surface area (Å²) in [7, 11) is 0. The summed E-state index contributed by atoms with van der Waals surface area (Å²) in [4.78, 5) is 18.9. The number of benzene rings is 1. The molecule has 0 bridgehead atoms. The van der Waals surface area contributed by atoms with Crippen LogP contribution in [0.2, 0.25) is 4.34 Å². The maximum atomic E-state index is 14.4. The van der Waals surface area contributed by atoms with E-state index in [-0.39, 0.29) is 11.8 Å². The van der Waals surface area contributed by atoms with E-state index in [1.54, 1.807) is 17.0 Å². The Hall–Kier alpha value is -2.50. The standard InChI is InChI=1S/C21H16ClFN2OS/c1-2-20(26)25-11-17(16-10-19(22)27-18(16)12-25)14-7-4-3-6-13(14)15-8-5-9-24-21(15)23/h2-10,17H,1,11-12H2/t17-/m0/s1. The van der Waals surface area contributed by atoms with Gasteiger partial charge in [-0.25, -0.2) is 4.98 Å². The van der Waals surface area contributed by atoms with Crippen molar-refractivity contribution in [3.8, 4) is 11.1 Å². The smallest absolute Gasteiger partial charge is 0.246 e. The van der Waals surface area contributed by atoms with Gasteiger partial charge in [0.25, 0.3) is 0 Å². The third-order valence-corrected chi connectivity index (χ3v) is 6.06. The number of nitrogens with zero attached hydrogens (tertiary/aromatic N) is 2. The fraction of sp³-hybridized carbons (Fsp3) is 0.143. The van der Waals surface area contributed by atoms with E-state index in [2.05, 4.69) is 11.6 Å². The van der Waals surface area contributed by atoms with Crippen molar-refractivity contribution >= 4 is 28.8 Å². The van der Waals surface area contributed by atoms with Gasteiger partial charge in [-0.2, -0.15) is 4.39 Å². The van der Waals surface area contributed by atoms with E-state index in [0.717, 1.165) is 21.6 Å². The average Bonchev–Trinajstić information content (AvgIpc) is 3.07. The quantitative estimate of drug-likeness (QED) is 0.445. The lowest BCUT2D eigenvalue weighted by Gasteiger charge is -2.33. The number of aromatic nitrogens is 1. The van der Waals surface area contributed by atoms with E-state index < -0.39 is 5.95 Å². The second-order valence-electron chi connectivity index (χ2n) is 6.33. The summed E-state index contributed by atoms with van der Waals surface area (Å²) in [6.07, 6.45) is 2.76. The molecule has 4 rings (SSSR count). The van der Waals surface area contributed by atoms with Crippen LogP contribution in [0, 0.1) is 5.95 Å². The Labute approximate surface area is 165 Å². The van der Waals surface area contributed by atoms with E-state index in [1.807, 2.05) is 30.3 Å². The van der Waals surface area contributed by atoms with Crippen LogP contribution in [0.1, 0.15) is 21.9 Å². The number of pyridine rings is 1. The minimum absolute atomic E-state index is 0.0998. The predicted molar refractivity (Wildman–Crippen MR) is 106 cm³/mol. The summed E-state index contributed by atoms with van der Waals surface area (Å²) in [5, 5.41) is 0. The molecule has 1 amide bonds. The van der Waals surface area contributed by atoms with Gasteiger partial charge in [-0.15, -0.1) is 11.3 Å². The Bertz CT molecular complexity index is 1030. The lowest BCUT2D eigenvalue weighted by molar-refractivity contribution is -0.127. The lowest BCUT2D eigenvalue weighted by Crippen LogP contribution is -2.37. The van der Waals surface area contributed by atoms with Crippen LogP contribution in [0.5, 0.6) is 0 Å². The van der Waals surface area contributed by atoms with E-state index >= 15 is 0 Å². The number of fused-ring (bicyclic) bond motifs is 1. The maximum absolute atomic E-state index is 14.4. The van der Waals surface area contributed by atoms with Crippen molar-refractivity contribution in [3.05, 3.63) is 87.6 Å². The van der Waals surface area contributed by atoms with Gasteiger partial charge in [-0.05, 0) is 41.0 Å². The van der Waals surface area contributed by atoms with Crippen LogP contribution in [0.25, 0.3) is 11.1 Å². The molecular formula is C21H16ClFN2OS. The van der Waals surface area contributed by atoms with Gasteiger partial charge in [0.05, 0.1) is 10.9 Å². The Morgan fingerprint density at radius 1 is 1.26 bits per heavy atom. The van der Waals surface area contributed by atoms with Gasteiger partial charge in [0.15, 0.2) is 0 Å². The molecule has 1 aromatic carbocycles. The van der Waals surface area contributed by atoms with Crippen LogP contribution in [-0.2, 0) is 11.3 Å². The average molecular weight is 399 g/mol. The zero-order valence-corrected chi connectivity index (χ0v) is 15.9. The number of hydrogen-bond donors (Lipinski definition) is 0. The number of thiophene rings is 1. The molecule has 0 saturated carbocycles. The van der Waals surface area contributed by atoms with Crippen molar-refractivity contribution < 1.29 is 9.18 Å². The molecule has 27 heavy (non-hydrogen) atoms. The first-order valence-corrected chi connectivity index (χ1v) is 9.67.